The van der Waals surface area contributed by atoms with Gasteiger partial charge in [-0.1, -0.05) is 0 Å². The van der Waals surface area contributed by atoms with E-state index in [2.05, 4.69) is 15.4 Å². The number of nitrogens with one attached hydrogen (secondary N) is 2. The molecule has 7 heteroatoms. The SMILES string of the molecule is CC(=O)Nc1cc2c(cc1NC(C)=O)C(=O)OC2=O. The van der Waals surface area contributed by atoms with E-state index in [0.717, 1.165) is 0 Å². The Morgan fingerprint density at radius 1 is 0.895 bits per heavy atom. The summed E-state index contributed by atoms with van der Waals surface area (Å²) >= 11 is 0. The van der Waals surface area contributed by atoms with Crippen LogP contribution in [0.15, 0.2) is 12.1 Å². The first-order valence-electron chi connectivity index (χ1n) is 5.38. The molecule has 2 N–H and O–H groups in total. The molecule has 19 heavy (non-hydrogen) atoms. The van der Waals surface area contributed by atoms with E-state index in [1.165, 1.54) is 26.0 Å². The van der Waals surface area contributed by atoms with Crippen molar-refractivity contribution < 1.29 is 23.9 Å². The molecule has 0 saturated carbocycles. The molecular weight excluding hydrogens is 252 g/mol. The van der Waals surface area contributed by atoms with E-state index in [4.69, 9.17) is 0 Å². The summed E-state index contributed by atoms with van der Waals surface area (Å²) in [7, 11) is 0. The fourth-order valence-corrected chi connectivity index (χ4v) is 1.72. The van der Waals surface area contributed by atoms with Gasteiger partial charge < -0.3 is 15.4 Å². The lowest BCUT2D eigenvalue weighted by Crippen LogP contribution is -2.13. The maximum atomic E-state index is 11.4. The predicted octanol–water partition coefficient (Wildman–Crippen LogP) is 0.914. The van der Waals surface area contributed by atoms with Gasteiger partial charge in [0.1, 0.15) is 0 Å². The van der Waals surface area contributed by atoms with E-state index in [-0.39, 0.29) is 34.3 Å². The van der Waals surface area contributed by atoms with Crippen molar-refractivity contribution in [3.8, 4) is 0 Å². The lowest BCUT2D eigenvalue weighted by molar-refractivity contribution is -0.115. The van der Waals surface area contributed by atoms with Crippen molar-refractivity contribution in [1.82, 2.24) is 0 Å². The van der Waals surface area contributed by atoms with Gasteiger partial charge in [-0.25, -0.2) is 9.59 Å². The maximum absolute atomic E-state index is 11.4. The number of carbonyl (C=O) groups excluding carboxylic acids is 4. The van der Waals surface area contributed by atoms with Gasteiger partial charge in [-0.05, 0) is 12.1 Å². The van der Waals surface area contributed by atoms with Crippen LogP contribution in [0, 0.1) is 0 Å². The molecule has 1 heterocycles. The van der Waals surface area contributed by atoms with Crippen LogP contribution in [0.25, 0.3) is 0 Å². The lowest BCUT2D eigenvalue weighted by Gasteiger charge is -2.11. The highest BCUT2D eigenvalue weighted by molar-refractivity contribution is 6.17. The second-order valence-electron chi connectivity index (χ2n) is 3.98. The van der Waals surface area contributed by atoms with E-state index >= 15 is 0 Å². The number of hydrogen-bond acceptors (Lipinski definition) is 5. The first-order chi connectivity index (χ1) is 8.88. The van der Waals surface area contributed by atoms with E-state index in [9.17, 15) is 19.2 Å². The summed E-state index contributed by atoms with van der Waals surface area (Å²) in [5.74, 6) is -2.30. The van der Waals surface area contributed by atoms with Crippen LogP contribution in [-0.4, -0.2) is 23.8 Å². The van der Waals surface area contributed by atoms with Gasteiger partial charge in [0.25, 0.3) is 0 Å². The average Bonchev–Trinajstić information content (AvgIpc) is 2.54. The molecule has 0 fully saturated rings. The van der Waals surface area contributed by atoms with Gasteiger partial charge in [-0.15, -0.1) is 0 Å². The van der Waals surface area contributed by atoms with Crippen LogP contribution in [0.1, 0.15) is 34.6 Å². The molecule has 0 bridgehead atoms. The lowest BCUT2D eigenvalue weighted by atomic mass is 10.1. The van der Waals surface area contributed by atoms with Gasteiger partial charge in [0.15, 0.2) is 0 Å². The Bertz CT molecular complexity index is 568. The molecule has 0 aliphatic carbocycles. The Morgan fingerprint density at radius 3 is 1.58 bits per heavy atom. The number of amides is 2. The molecule has 98 valence electrons. The van der Waals surface area contributed by atoms with Gasteiger partial charge in [-0.2, -0.15) is 0 Å². The molecule has 2 amide bonds. The highest BCUT2D eigenvalue weighted by atomic mass is 16.6. The number of ether oxygens (including phenoxy) is 1. The Hall–Kier alpha value is -2.70. The van der Waals surface area contributed by atoms with Crippen LogP contribution >= 0.6 is 0 Å². The molecule has 1 aliphatic rings. The van der Waals surface area contributed by atoms with E-state index in [1.54, 1.807) is 0 Å². The standard InChI is InChI=1S/C12H10N2O5/c1-5(15)13-9-3-7-8(12(18)19-11(7)17)4-10(9)14-6(2)16/h3-4H,1-2H3,(H,13,15)(H,14,16). The largest absolute Gasteiger partial charge is 0.386 e. The third-order valence-electron chi connectivity index (χ3n) is 2.40. The summed E-state index contributed by atoms with van der Waals surface area (Å²) in [6, 6.07) is 2.60. The van der Waals surface area contributed by atoms with Crippen LogP contribution in [0.3, 0.4) is 0 Å². The van der Waals surface area contributed by atoms with Crippen molar-refractivity contribution >= 4 is 35.1 Å². The van der Waals surface area contributed by atoms with E-state index in [0.29, 0.717) is 0 Å². The normalized spacial score (nSPS) is 12.7. The van der Waals surface area contributed by atoms with Gasteiger partial charge in [0, 0.05) is 13.8 Å². The van der Waals surface area contributed by atoms with Crippen molar-refractivity contribution in [1.29, 1.82) is 0 Å². The number of anilines is 2. The zero-order chi connectivity index (χ0) is 14.2. The molecule has 0 radical (unpaired) electrons. The molecule has 1 aromatic rings. The Balaban J connectivity index is 2.54. The second-order valence-corrected chi connectivity index (χ2v) is 3.98. The predicted molar refractivity (Wildman–Crippen MR) is 64.8 cm³/mol. The van der Waals surface area contributed by atoms with Gasteiger partial charge in [0.05, 0.1) is 22.5 Å². The van der Waals surface area contributed by atoms with Crippen molar-refractivity contribution in [2.45, 2.75) is 13.8 Å². The monoisotopic (exact) mass is 262 g/mol. The van der Waals surface area contributed by atoms with Gasteiger partial charge in [0.2, 0.25) is 11.8 Å². The van der Waals surface area contributed by atoms with Crippen molar-refractivity contribution in [2.75, 3.05) is 10.6 Å². The molecule has 1 aliphatic heterocycles. The Morgan fingerprint density at radius 2 is 1.26 bits per heavy atom. The van der Waals surface area contributed by atoms with E-state index in [1.807, 2.05) is 0 Å². The summed E-state index contributed by atoms with van der Waals surface area (Å²) < 4.78 is 4.45. The first-order valence-corrected chi connectivity index (χ1v) is 5.38. The summed E-state index contributed by atoms with van der Waals surface area (Å²) in [4.78, 5) is 45.0. The first kappa shape index (κ1) is 12.7. The third-order valence-corrected chi connectivity index (χ3v) is 2.40. The molecule has 0 atom stereocenters. The minimum atomic E-state index is -0.777. The number of hydrogen-bond donors (Lipinski definition) is 2. The molecule has 0 unspecified atom stereocenters. The van der Waals surface area contributed by atoms with Crippen LogP contribution in [0.2, 0.25) is 0 Å². The zero-order valence-electron chi connectivity index (χ0n) is 10.2. The van der Waals surface area contributed by atoms with Crippen molar-refractivity contribution in [3.63, 3.8) is 0 Å². The summed E-state index contributed by atoms with van der Waals surface area (Å²) in [5.41, 5.74) is 0.576. The average molecular weight is 262 g/mol. The highest BCUT2D eigenvalue weighted by Gasteiger charge is 2.31. The number of rotatable bonds is 2. The van der Waals surface area contributed by atoms with Gasteiger partial charge >= 0.3 is 11.9 Å². The molecule has 0 saturated heterocycles. The fraction of sp³-hybridized carbons (Fsp3) is 0.167. The smallest absolute Gasteiger partial charge is 0.346 e. The maximum Gasteiger partial charge on any atom is 0.346 e. The summed E-state index contributed by atoms with van der Waals surface area (Å²) in [6.07, 6.45) is 0. The van der Waals surface area contributed by atoms with Crippen LogP contribution in [-0.2, 0) is 14.3 Å². The third kappa shape index (κ3) is 2.44. The molecule has 0 aromatic heterocycles. The Kier molecular flexibility index (Phi) is 3.04. The Labute approximate surface area is 107 Å². The zero-order valence-corrected chi connectivity index (χ0v) is 10.2. The minimum absolute atomic E-state index is 0.0582. The van der Waals surface area contributed by atoms with Crippen LogP contribution in [0.4, 0.5) is 11.4 Å². The number of fused-ring (bicyclic) bond motifs is 1. The minimum Gasteiger partial charge on any atom is -0.386 e. The molecular formula is C12H10N2O5. The van der Waals surface area contributed by atoms with E-state index < -0.39 is 11.9 Å². The summed E-state index contributed by atoms with van der Waals surface area (Å²) in [6.45, 7) is 2.57. The van der Waals surface area contributed by atoms with Crippen LogP contribution in [0.5, 0.6) is 0 Å². The number of carbonyl (C=O) groups is 4. The molecule has 1 aromatic carbocycles. The number of benzene rings is 1. The van der Waals surface area contributed by atoms with Crippen LogP contribution < -0.4 is 10.6 Å². The number of esters is 2. The second kappa shape index (κ2) is 4.52. The topological polar surface area (TPSA) is 102 Å². The van der Waals surface area contributed by atoms with Gasteiger partial charge in [-0.3, -0.25) is 9.59 Å². The van der Waals surface area contributed by atoms with Crippen molar-refractivity contribution in [2.24, 2.45) is 0 Å². The molecule has 0 spiro atoms. The number of cyclic esters (lactones) is 2. The molecule has 2 rings (SSSR count). The molecule has 7 nitrogen and oxygen atoms in total. The quantitative estimate of drug-likeness (QED) is 0.609. The highest BCUT2D eigenvalue weighted by Crippen LogP contribution is 2.30. The van der Waals surface area contributed by atoms with Crippen molar-refractivity contribution in [3.05, 3.63) is 23.3 Å². The summed E-state index contributed by atoms with van der Waals surface area (Å²) in [5, 5.41) is 4.94. The fourth-order valence-electron chi connectivity index (χ4n) is 1.72.